The van der Waals surface area contributed by atoms with Crippen LogP contribution in [0, 0.1) is 22.0 Å². The molecule has 1 aromatic heterocycles. The summed E-state index contributed by atoms with van der Waals surface area (Å²) in [4.78, 5) is -0.416. The highest BCUT2D eigenvalue weighted by Crippen LogP contribution is 2.33. The van der Waals surface area contributed by atoms with Gasteiger partial charge in [-0.1, -0.05) is 23.2 Å². The molecular weight excluding hydrogens is 452 g/mol. The third-order valence-corrected chi connectivity index (χ3v) is 5.02. The van der Waals surface area contributed by atoms with Crippen molar-refractivity contribution in [3.8, 4) is 11.8 Å². The molecule has 1 heterocycles. The Morgan fingerprint density at radius 3 is 2.29 bits per heavy atom. The quantitative estimate of drug-likeness (QED) is 0.551. The molecule has 0 saturated heterocycles. The summed E-state index contributed by atoms with van der Waals surface area (Å²) in [5, 5.41) is 13.2. The summed E-state index contributed by atoms with van der Waals surface area (Å²) in [6.45, 7) is 1.66. The number of aromatic nitrogens is 2. The summed E-state index contributed by atoms with van der Waals surface area (Å²) < 4.78 is 33.1. The number of halogens is 3. The Balaban J connectivity index is 2.76. The van der Waals surface area contributed by atoms with Crippen LogP contribution >= 0.6 is 45.8 Å². The normalized spacial score (nSPS) is 11.4. The van der Waals surface area contributed by atoms with Crippen molar-refractivity contribution in [1.29, 1.82) is 5.26 Å². The summed E-state index contributed by atoms with van der Waals surface area (Å²) in [5.74, 6) is 0. The minimum atomic E-state index is -4.42. The van der Waals surface area contributed by atoms with Crippen molar-refractivity contribution in [1.82, 2.24) is 9.78 Å². The number of hydrogen-bond donors (Lipinski definition) is 1. The van der Waals surface area contributed by atoms with Crippen molar-refractivity contribution in [3.05, 3.63) is 37.1 Å². The predicted molar refractivity (Wildman–Crippen MR) is 85.6 cm³/mol. The van der Waals surface area contributed by atoms with E-state index in [1.54, 1.807) is 6.92 Å². The van der Waals surface area contributed by atoms with E-state index in [1.165, 1.54) is 4.68 Å². The molecule has 0 unspecified atom stereocenters. The Bertz CT molecular complexity index is 864. The van der Waals surface area contributed by atoms with Gasteiger partial charge in [0.05, 0.1) is 20.6 Å². The topological polar surface area (TPSA) is 96.0 Å². The van der Waals surface area contributed by atoms with Crippen molar-refractivity contribution >= 4 is 55.9 Å². The van der Waals surface area contributed by atoms with Gasteiger partial charge in [0, 0.05) is 0 Å². The summed E-state index contributed by atoms with van der Waals surface area (Å²) in [6, 6.07) is 4.15. The van der Waals surface area contributed by atoms with E-state index in [0.717, 1.165) is 12.1 Å². The van der Waals surface area contributed by atoms with Crippen molar-refractivity contribution in [2.45, 2.75) is 11.8 Å². The number of benzene rings is 1. The maximum atomic E-state index is 11.1. The lowest BCUT2D eigenvalue weighted by Gasteiger charge is -2.10. The molecule has 2 aromatic rings. The monoisotopic (exact) mass is 457 g/mol. The van der Waals surface area contributed by atoms with Gasteiger partial charge in [-0.3, -0.25) is 4.55 Å². The predicted octanol–water partition coefficient (Wildman–Crippen LogP) is 3.21. The molecule has 10 heteroatoms. The van der Waals surface area contributed by atoms with Crippen LogP contribution < -0.4 is 0 Å². The number of nitrogens with zero attached hydrogens (tertiary/aromatic N) is 3. The van der Waals surface area contributed by atoms with Crippen LogP contribution in [0.1, 0.15) is 11.3 Å². The molecule has 0 aliphatic carbocycles. The van der Waals surface area contributed by atoms with Gasteiger partial charge >= 0.3 is 0 Å². The van der Waals surface area contributed by atoms with Crippen LogP contribution in [0.15, 0.2) is 17.0 Å². The van der Waals surface area contributed by atoms with Gasteiger partial charge in [-0.05, 0) is 41.6 Å². The SMILES string of the molecule is Cc1nn(-c2c(Cl)cc(S(=O)(=O)O)cc2Cl)c(I)c1C#N. The lowest BCUT2D eigenvalue weighted by molar-refractivity contribution is 0.483. The standard InChI is InChI=1S/C11H6Cl2IN3O3S/c1-5-7(4-15)11(14)17(16-5)10-8(12)2-6(3-9(10)13)21(18,19)20/h2-3H,1H3,(H,18,19,20). The summed E-state index contributed by atoms with van der Waals surface area (Å²) in [7, 11) is -4.42. The third-order valence-electron chi connectivity index (χ3n) is 2.62. The average molecular weight is 458 g/mol. The van der Waals surface area contributed by atoms with Crippen LogP contribution in [0.2, 0.25) is 10.0 Å². The molecule has 0 aliphatic heterocycles. The van der Waals surface area contributed by atoms with E-state index in [9.17, 15) is 8.42 Å². The van der Waals surface area contributed by atoms with E-state index in [0.29, 0.717) is 15.0 Å². The molecule has 6 nitrogen and oxygen atoms in total. The molecule has 1 aromatic carbocycles. The van der Waals surface area contributed by atoms with E-state index >= 15 is 0 Å². The zero-order chi connectivity index (χ0) is 15.9. The second kappa shape index (κ2) is 5.73. The average Bonchev–Trinajstić information content (AvgIpc) is 2.62. The van der Waals surface area contributed by atoms with Crippen molar-refractivity contribution in [2.75, 3.05) is 0 Å². The van der Waals surface area contributed by atoms with E-state index in [1.807, 2.05) is 28.7 Å². The first-order chi connectivity index (χ1) is 9.66. The molecule has 0 aliphatic rings. The number of nitriles is 1. The third kappa shape index (κ3) is 3.02. The zero-order valence-corrected chi connectivity index (χ0v) is 14.8. The van der Waals surface area contributed by atoms with Gasteiger partial charge in [0.1, 0.15) is 21.0 Å². The van der Waals surface area contributed by atoms with E-state index in [4.69, 9.17) is 33.0 Å². The Morgan fingerprint density at radius 1 is 1.38 bits per heavy atom. The lowest BCUT2D eigenvalue weighted by atomic mass is 10.3. The van der Waals surface area contributed by atoms with Gasteiger partial charge in [-0.15, -0.1) is 0 Å². The highest BCUT2D eigenvalue weighted by molar-refractivity contribution is 14.1. The molecule has 0 fully saturated rings. The van der Waals surface area contributed by atoms with Gasteiger partial charge in [0.15, 0.2) is 0 Å². The number of rotatable bonds is 2. The molecule has 0 saturated carbocycles. The summed E-state index contributed by atoms with van der Waals surface area (Å²) in [5.41, 5.74) is 1.11. The fraction of sp³-hybridized carbons (Fsp3) is 0.0909. The Kier molecular flexibility index (Phi) is 4.51. The molecule has 1 N–H and O–H groups in total. The van der Waals surface area contributed by atoms with Gasteiger partial charge in [0.2, 0.25) is 0 Å². The molecule has 21 heavy (non-hydrogen) atoms. The minimum absolute atomic E-state index is 0.0139. The second-order valence-electron chi connectivity index (χ2n) is 3.99. The first kappa shape index (κ1) is 16.5. The van der Waals surface area contributed by atoms with E-state index < -0.39 is 15.0 Å². The smallest absolute Gasteiger partial charge is 0.282 e. The van der Waals surface area contributed by atoms with Crippen LogP contribution in [-0.2, 0) is 10.1 Å². The summed E-state index contributed by atoms with van der Waals surface area (Å²) >= 11 is 14.0. The molecule has 0 bridgehead atoms. The molecule has 0 atom stereocenters. The number of aryl methyl sites for hydroxylation is 1. The van der Waals surface area contributed by atoms with Gasteiger partial charge in [-0.2, -0.15) is 18.8 Å². The van der Waals surface area contributed by atoms with Crippen LogP contribution in [0.5, 0.6) is 0 Å². The molecule has 110 valence electrons. The molecule has 0 amide bonds. The Labute approximate surface area is 144 Å². The van der Waals surface area contributed by atoms with Crippen LogP contribution in [-0.4, -0.2) is 22.8 Å². The largest absolute Gasteiger partial charge is 0.294 e. The molecule has 0 radical (unpaired) electrons. The maximum Gasteiger partial charge on any atom is 0.294 e. The van der Waals surface area contributed by atoms with Gasteiger partial charge in [0.25, 0.3) is 10.1 Å². The highest BCUT2D eigenvalue weighted by Gasteiger charge is 2.21. The Morgan fingerprint density at radius 2 is 1.90 bits per heavy atom. The van der Waals surface area contributed by atoms with E-state index in [2.05, 4.69) is 5.10 Å². The zero-order valence-electron chi connectivity index (χ0n) is 10.3. The second-order valence-corrected chi connectivity index (χ2v) is 7.24. The van der Waals surface area contributed by atoms with Gasteiger partial charge < -0.3 is 0 Å². The number of hydrogen-bond acceptors (Lipinski definition) is 4. The fourth-order valence-corrected chi connectivity index (χ4v) is 3.84. The van der Waals surface area contributed by atoms with Crippen molar-refractivity contribution < 1.29 is 13.0 Å². The van der Waals surface area contributed by atoms with Crippen LogP contribution in [0.4, 0.5) is 0 Å². The van der Waals surface area contributed by atoms with E-state index in [-0.39, 0.29) is 15.7 Å². The first-order valence-corrected chi connectivity index (χ1v) is 8.56. The lowest BCUT2D eigenvalue weighted by Crippen LogP contribution is -2.04. The van der Waals surface area contributed by atoms with Crippen LogP contribution in [0.25, 0.3) is 5.69 Å². The fourth-order valence-electron chi connectivity index (χ4n) is 1.67. The molecule has 0 spiro atoms. The molecule has 2 rings (SSSR count). The summed E-state index contributed by atoms with van der Waals surface area (Å²) in [6.07, 6.45) is 0. The minimum Gasteiger partial charge on any atom is -0.282 e. The molecular formula is C11H6Cl2IN3O3S. The highest BCUT2D eigenvalue weighted by atomic mass is 127. The van der Waals surface area contributed by atoms with Crippen LogP contribution in [0.3, 0.4) is 0 Å². The first-order valence-electron chi connectivity index (χ1n) is 5.29. The Hall–Kier alpha value is -0.860. The van der Waals surface area contributed by atoms with Crippen molar-refractivity contribution in [2.24, 2.45) is 0 Å². The van der Waals surface area contributed by atoms with Gasteiger partial charge in [-0.25, -0.2) is 4.68 Å². The van der Waals surface area contributed by atoms with Crippen molar-refractivity contribution in [3.63, 3.8) is 0 Å². The maximum absolute atomic E-state index is 11.1.